The number of aliphatic carboxylic acids is 1. The number of nitriles is 1. The number of nitrogens with zero attached hydrogens (tertiary/aromatic N) is 2. The number of hydrogen-bond acceptors (Lipinski definition) is 4. The van der Waals surface area contributed by atoms with Crippen LogP contribution in [0.2, 0.25) is 0 Å². The number of carboxylic acids is 1. The third-order valence-corrected chi connectivity index (χ3v) is 2.76. The molecule has 0 spiro atoms. The summed E-state index contributed by atoms with van der Waals surface area (Å²) in [5, 5.41) is 20.9. The van der Waals surface area contributed by atoms with E-state index in [1.807, 2.05) is 6.07 Å². The molecule has 0 saturated carbocycles. The zero-order valence-corrected chi connectivity index (χ0v) is 9.46. The fourth-order valence-electron chi connectivity index (χ4n) is 1.94. The quantitative estimate of drug-likeness (QED) is 0.761. The van der Waals surface area contributed by atoms with E-state index in [1.165, 1.54) is 4.90 Å². The van der Waals surface area contributed by atoms with Gasteiger partial charge in [-0.2, -0.15) is 5.26 Å². The van der Waals surface area contributed by atoms with Gasteiger partial charge < -0.3 is 10.4 Å². The maximum Gasteiger partial charge on any atom is 0.328 e. The molecule has 2 N–H and O–H groups in total. The Morgan fingerprint density at radius 2 is 2.22 bits per heavy atom. The molecule has 0 radical (unpaired) electrons. The standard InChI is InChI=1S/C12H11N3O3/c13-5-8-3-1-2-4-9(8)15-10(12(17)18)6-14-7-11(15)16/h1-4,10,14H,6-7H2,(H,17,18). The van der Waals surface area contributed by atoms with Crippen molar-refractivity contribution in [3.63, 3.8) is 0 Å². The molecule has 1 saturated heterocycles. The minimum Gasteiger partial charge on any atom is -0.480 e. The zero-order chi connectivity index (χ0) is 13.1. The number of anilines is 1. The van der Waals surface area contributed by atoms with Crippen molar-refractivity contribution in [3.8, 4) is 6.07 Å². The molecular weight excluding hydrogens is 234 g/mol. The number of carboxylic acid groups (broad SMARTS) is 1. The predicted octanol–water partition coefficient (Wildman–Crippen LogP) is -0.0523. The van der Waals surface area contributed by atoms with Crippen LogP contribution < -0.4 is 10.2 Å². The summed E-state index contributed by atoms with van der Waals surface area (Å²) < 4.78 is 0. The van der Waals surface area contributed by atoms with Gasteiger partial charge in [0, 0.05) is 6.54 Å². The Kier molecular flexibility index (Phi) is 3.26. The van der Waals surface area contributed by atoms with Gasteiger partial charge in [-0.3, -0.25) is 9.69 Å². The van der Waals surface area contributed by atoms with Crippen LogP contribution in [0.25, 0.3) is 0 Å². The molecule has 92 valence electrons. The summed E-state index contributed by atoms with van der Waals surface area (Å²) in [5.41, 5.74) is 0.637. The van der Waals surface area contributed by atoms with E-state index in [9.17, 15) is 9.59 Å². The summed E-state index contributed by atoms with van der Waals surface area (Å²) in [6.45, 7) is 0.240. The molecule has 1 aliphatic heterocycles. The van der Waals surface area contributed by atoms with Gasteiger partial charge in [0.05, 0.1) is 17.8 Å². The van der Waals surface area contributed by atoms with E-state index in [0.717, 1.165) is 0 Å². The van der Waals surface area contributed by atoms with Crippen LogP contribution in [-0.4, -0.2) is 36.1 Å². The summed E-state index contributed by atoms with van der Waals surface area (Å²) in [6.07, 6.45) is 0. The van der Waals surface area contributed by atoms with Crippen LogP contribution in [0.15, 0.2) is 24.3 Å². The fourth-order valence-corrected chi connectivity index (χ4v) is 1.94. The zero-order valence-electron chi connectivity index (χ0n) is 9.46. The number of amides is 1. The van der Waals surface area contributed by atoms with Gasteiger partial charge in [0.2, 0.25) is 5.91 Å². The molecule has 1 aromatic rings. The van der Waals surface area contributed by atoms with Crippen molar-refractivity contribution in [2.75, 3.05) is 18.0 Å². The molecule has 0 bridgehead atoms. The van der Waals surface area contributed by atoms with Gasteiger partial charge in [0.25, 0.3) is 0 Å². The van der Waals surface area contributed by atoms with E-state index in [2.05, 4.69) is 5.32 Å². The number of carbonyl (C=O) groups excluding carboxylic acids is 1. The van der Waals surface area contributed by atoms with Crippen LogP contribution in [0.3, 0.4) is 0 Å². The van der Waals surface area contributed by atoms with E-state index in [0.29, 0.717) is 11.3 Å². The third-order valence-electron chi connectivity index (χ3n) is 2.76. The number of para-hydroxylation sites is 1. The van der Waals surface area contributed by atoms with Crippen LogP contribution in [0.1, 0.15) is 5.56 Å². The molecule has 1 atom stereocenters. The Balaban J connectivity index is 2.48. The first kappa shape index (κ1) is 12.1. The van der Waals surface area contributed by atoms with Crippen molar-refractivity contribution < 1.29 is 14.7 Å². The fraction of sp³-hybridized carbons (Fsp3) is 0.250. The minimum atomic E-state index is -1.09. The highest BCUT2D eigenvalue weighted by Crippen LogP contribution is 2.23. The van der Waals surface area contributed by atoms with Gasteiger partial charge in [-0.05, 0) is 12.1 Å². The van der Waals surface area contributed by atoms with E-state index < -0.39 is 12.0 Å². The minimum absolute atomic E-state index is 0.0730. The van der Waals surface area contributed by atoms with Crippen molar-refractivity contribution in [1.29, 1.82) is 5.26 Å². The lowest BCUT2D eigenvalue weighted by molar-refractivity contribution is -0.140. The van der Waals surface area contributed by atoms with Crippen molar-refractivity contribution in [1.82, 2.24) is 5.32 Å². The molecule has 0 aliphatic carbocycles. The lowest BCUT2D eigenvalue weighted by Gasteiger charge is -2.33. The first-order chi connectivity index (χ1) is 8.65. The maximum absolute atomic E-state index is 11.9. The van der Waals surface area contributed by atoms with Gasteiger partial charge in [-0.25, -0.2) is 4.79 Å². The summed E-state index contributed by atoms with van der Waals surface area (Å²) in [5.74, 6) is -1.44. The monoisotopic (exact) mass is 245 g/mol. The topological polar surface area (TPSA) is 93.4 Å². The van der Waals surface area contributed by atoms with Gasteiger partial charge >= 0.3 is 5.97 Å². The Bertz CT molecular complexity index is 536. The Hall–Kier alpha value is -2.39. The summed E-state index contributed by atoms with van der Waals surface area (Å²) in [4.78, 5) is 24.2. The first-order valence-electron chi connectivity index (χ1n) is 5.40. The van der Waals surface area contributed by atoms with Crippen molar-refractivity contribution in [3.05, 3.63) is 29.8 Å². The van der Waals surface area contributed by atoms with Crippen LogP contribution in [0.5, 0.6) is 0 Å². The SMILES string of the molecule is N#Cc1ccccc1N1C(=O)CNCC1C(=O)O. The molecule has 1 aromatic carbocycles. The van der Waals surface area contributed by atoms with Crippen LogP contribution >= 0.6 is 0 Å². The van der Waals surface area contributed by atoms with Gasteiger partial charge in [-0.1, -0.05) is 12.1 Å². The van der Waals surface area contributed by atoms with Gasteiger partial charge in [0.15, 0.2) is 0 Å². The normalized spacial score (nSPS) is 19.4. The molecule has 1 aliphatic rings. The second-order valence-electron chi connectivity index (χ2n) is 3.88. The number of piperazine rings is 1. The molecule has 6 heteroatoms. The molecule has 0 aromatic heterocycles. The van der Waals surface area contributed by atoms with E-state index in [4.69, 9.17) is 10.4 Å². The lowest BCUT2D eigenvalue weighted by atomic mass is 10.1. The van der Waals surface area contributed by atoms with E-state index in [1.54, 1.807) is 24.3 Å². The molecule has 1 amide bonds. The lowest BCUT2D eigenvalue weighted by Crippen LogP contribution is -2.58. The highest BCUT2D eigenvalue weighted by atomic mass is 16.4. The second kappa shape index (κ2) is 4.85. The Morgan fingerprint density at radius 1 is 1.50 bits per heavy atom. The maximum atomic E-state index is 11.9. The number of rotatable bonds is 2. The molecular formula is C12H11N3O3. The van der Waals surface area contributed by atoms with Gasteiger partial charge in [0.1, 0.15) is 12.1 Å². The highest BCUT2D eigenvalue weighted by Gasteiger charge is 2.35. The van der Waals surface area contributed by atoms with Crippen LogP contribution in [-0.2, 0) is 9.59 Å². The molecule has 1 unspecified atom stereocenters. The Morgan fingerprint density at radius 3 is 2.89 bits per heavy atom. The van der Waals surface area contributed by atoms with Crippen molar-refractivity contribution in [2.24, 2.45) is 0 Å². The van der Waals surface area contributed by atoms with Crippen LogP contribution in [0, 0.1) is 11.3 Å². The number of benzene rings is 1. The van der Waals surface area contributed by atoms with E-state index in [-0.39, 0.29) is 19.0 Å². The molecule has 1 fully saturated rings. The number of carbonyl (C=O) groups is 2. The van der Waals surface area contributed by atoms with Crippen molar-refractivity contribution in [2.45, 2.75) is 6.04 Å². The average Bonchev–Trinajstić information content (AvgIpc) is 2.38. The third kappa shape index (κ3) is 2.04. The Labute approximate surface area is 103 Å². The summed E-state index contributed by atoms with van der Waals surface area (Å²) in [6, 6.07) is 7.46. The summed E-state index contributed by atoms with van der Waals surface area (Å²) in [7, 11) is 0. The molecule has 2 rings (SSSR count). The van der Waals surface area contributed by atoms with Gasteiger partial charge in [-0.15, -0.1) is 0 Å². The first-order valence-corrected chi connectivity index (χ1v) is 5.40. The average molecular weight is 245 g/mol. The number of nitrogens with one attached hydrogen (secondary N) is 1. The van der Waals surface area contributed by atoms with E-state index >= 15 is 0 Å². The predicted molar refractivity (Wildman–Crippen MR) is 62.9 cm³/mol. The highest BCUT2D eigenvalue weighted by molar-refractivity contribution is 6.02. The number of hydrogen-bond donors (Lipinski definition) is 2. The molecule has 1 heterocycles. The molecule has 18 heavy (non-hydrogen) atoms. The molecule has 6 nitrogen and oxygen atoms in total. The largest absolute Gasteiger partial charge is 0.480 e. The second-order valence-corrected chi connectivity index (χ2v) is 3.88. The van der Waals surface area contributed by atoms with Crippen LogP contribution in [0.4, 0.5) is 5.69 Å². The summed E-state index contributed by atoms with van der Waals surface area (Å²) >= 11 is 0. The van der Waals surface area contributed by atoms with Crippen molar-refractivity contribution >= 4 is 17.6 Å². The smallest absolute Gasteiger partial charge is 0.328 e.